The summed E-state index contributed by atoms with van der Waals surface area (Å²) in [5, 5.41) is 6.43. The number of nitrogens with zero attached hydrogens (tertiary/aromatic N) is 2. The van der Waals surface area contributed by atoms with Crippen LogP contribution in [0.5, 0.6) is 0 Å². The van der Waals surface area contributed by atoms with Gasteiger partial charge in [-0.05, 0) is 26.3 Å². The first-order chi connectivity index (χ1) is 9.36. The molecule has 1 aliphatic rings. The predicted octanol–water partition coefficient (Wildman–Crippen LogP) is 0.840. The number of hydrogen-bond acceptors (Lipinski definition) is 3. The van der Waals surface area contributed by atoms with Crippen molar-refractivity contribution in [3.8, 4) is 0 Å². The first-order valence-corrected chi connectivity index (χ1v) is 7.30. The van der Waals surface area contributed by atoms with Crippen LogP contribution >= 0.6 is 0 Å². The van der Waals surface area contributed by atoms with Crippen LogP contribution in [0.3, 0.4) is 0 Å². The largest absolute Gasteiger partial charge is 0.379 e. The van der Waals surface area contributed by atoms with E-state index in [0.29, 0.717) is 0 Å². The summed E-state index contributed by atoms with van der Waals surface area (Å²) in [6, 6.07) is 0. The van der Waals surface area contributed by atoms with Gasteiger partial charge in [-0.1, -0.05) is 6.08 Å². The van der Waals surface area contributed by atoms with Crippen LogP contribution in [0.15, 0.2) is 17.6 Å². The number of hydrogen-bond donors (Lipinski definition) is 2. The lowest BCUT2D eigenvalue weighted by atomic mass is 10.3. The number of ether oxygens (including phenoxy) is 1. The molecule has 19 heavy (non-hydrogen) atoms. The highest BCUT2D eigenvalue weighted by Gasteiger charge is 2.08. The van der Waals surface area contributed by atoms with Gasteiger partial charge in [-0.25, -0.2) is 0 Å². The second-order valence-electron chi connectivity index (χ2n) is 4.59. The third-order valence-electron chi connectivity index (χ3n) is 3.01. The molecule has 1 heterocycles. The van der Waals surface area contributed by atoms with E-state index in [4.69, 9.17) is 4.74 Å². The molecule has 0 bridgehead atoms. The third kappa shape index (κ3) is 7.85. The number of morpholine rings is 1. The highest BCUT2D eigenvalue weighted by Crippen LogP contribution is 2.00. The Morgan fingerprint density at radius 3 is 2.79 bits per heavy atom. The van der Waals surface area contributed by atoms with Gasteiger partial charge in [0.15, 0.2) is 5.96 Å². The average Bonchev–Trinajstić information content (AvgIpc) is 2.45. The van der Waals surface area contributed by atoms with E-state index in [0.717, 1.165) is 64.9 Å². The van der Waals surface area contributed by atoms with Gasteiger partial charge in [-0.15, -0.1) is 6.58 Å². The lowest BCUT2D eigenvalue weighted by molar-refractivity contribution is 0.0373. The monoisotopic (exact) mass is 268 g/mol. The maximum Gasteiger partial charge on any atom is 0.191 e. The molecule has 0 saturated carbocycles. The molecule has 0 radical (unpaired) electrons. The van der Waals surface area contributed by atoms with E-state index in [9.17, 15) is 0 Å². The van der Waals surface area contributed by atoms with Crippen molar-refractivity contribution >= 4 is 5.96 Å². The fraction of sp³-hybridized carbons (Fsp3) is 0.786. The quantitative estimate of drug-likeness (QED) is 0.296. The summed E-state index contributed by atoms with van der Waals surface area (Å²) in [7, 11) is 0. The smallest absolute Gasteiger partial charge is 0.191 e. The summed E-state index contributed by atoms with van der Waals surface area (Å²) >= 11 is 0. The molecule has 5 heteroatoms. The number of guanidine groups is 1. The summed E-state index contributed by atoms with van der Waals surface area (Å²) in [4.78, 5) is 7.00. The van der Waals surface area contributed by atoms with Crippen molar-refractivity contribution in [3.63, 3.8) is 0 Å². The second kappa shape index (κ2) is 10.8. The third-order valence-corrected chi connectivity index (χ3v) is 3.01. The summed E-state index contributed by atoms with van der Waals surface area (Å²) in [6.07, 6.45) is 4.16. The maximum atomic E-state index is 5.33. The van der Waals surface area contributed by atoms with E-state index in [1.54, 1.807) is 0 Å². The molecule has 1 rings (SSSR count). The lowest BCUT2D eigenvalue weighted by Gasteiger charge is -2.26. The maximum absolute atomic E-state index is 5.33. The zero-order valence-electron chi connectivity index (χ0n) is 12.2. The Morgan fingerprint density at radius 1 is 1.32 bits per heavy atom. The van der Waals surface area contributed by atoms with E-state index in [-0.39, 0.29) is 0 Å². The highest BCUT2D eigenvalue weighted by atomic mass is 16.5. The van der Waals surface area contributed by atoms with Crippen LogP contribution in [0.1, 0.15) is 19.8 Å². The Labute approximate surface area is 117 Å². The van der Waals surface area contributed by atoms with Crippen LogP contribution in [-0.4, -0.2) is 63.3 Å². The zero-order valence-corrected chi connectivity index (χ0v) is 12.2. The molecule has 0 atom stereocenters. The first kappa shape index (κ1) is 16.0. The van der Waals surface area contributed by atoms with Gasteiger partial charge in [0.2, 0.25) is 0 Å². The summed E-state index contributed by atoms with van der Waals surface area (Å²) in [5.74, 6) is 0.883. The van der Waals surface area contributed by atoms with Gasteiger partial charge in [0, 0.05) is 32.7 Å². The molecule has 2 N–H and O–H groups in total. The molecule has 1 saturated heterocycles. The minimum atomic E-state index is 0.750. The molecule has 0 aromatic carbocycles. The second-order valence-corrected chi connectivity index (χ2v) is 4.59. The first-order valence-electron chi connectivity index (χ1n) is 7.30. The lowest BCUT2D eigenvalue weighted by Crippen LogP contribution is -2.37. The SMILES string of the molecule is C=CCNC(=NCCCCN1CCOCC1)NCC. The standard InChI is InChI=1S/C14H28N4O/c1-3-7-16-14(15-4-2)17-8-5-6-9-18-10-12-19-13-11-18/h3H,1,4-13H2,2H3,(H2,15,16,17). The Bertz CT molecular complexity index is 262. The van der Waals surface area contributed by atoms with Crippen LogP contribution in [0.4, 0.5) is 0 Å². The molecular formula is C14H28N4O. The van der Waals surface area contributed by atoms with E-state index in [1.807, 2.05) is 6.08 Å². The van der Waals surface area contributed by atoms with Gasteiger partial charge in [0.25, 0.3) is 0 Å². The van der Waals surface area contributed by atoms with Crippen LogP contribution in [-0.2, 0) is 4.74 Å². The topological polar surface area (TPSA) is 48.9 Å². The molecule has 0 aliphatic carbocycles. The molecular weight excluding hydrogens is 240 g/mol. The van der Waals surface area contributed by atoms with Crippen LogP contribution < -0.4 is 10.6 Å². The summed E-state index contributed by atoms with van der Waals surface area (Å²) < 4.78 is 5.33. The van der Waals surface area contributed by atoms with Crippen molar-refractivity contribution in [1.29, 1.82) is 0 Å². The van der Waals surface area contributed by atoms with E-state index < -0.39 is 0 Å². The molecule has 5 nitrogen and oxygen atoms in total. The normalized spacial score (nSPS) is 17.2. The van der Waals surface area contributed by atoms with Gasteiger partial charge in [-0.2, -0.15) is 0 Å². The fourth-order valence-corrected chi connectivity index (χ4v) is 1.97. The van der Waals surface area contributed by atoms with Crippen molar-refractivity contribution in [2.24, 2.45) is 4.99 Å². The van der Waals surface area contributed by atoms with Crippen LogP contribution in [0, 0.1) is 0 Å². The highest BCUT2D eigenvalue weighted by molar-refractivity contribution is 5.79. The van der Waals surface area contributed by atoms with Crippen molar-refractivity contribution < 1.29 is 4.74 Å². The molecule has 0 aromatic heterocycles. The summed E-state index contributed by atoms with van der Waals surface area (Å²) in [5.41, 5.74) is 0. The number of rotatable bonds is 8. The van der Waals surface area contributed by atoms with Gasteiger partial charge in [-0.3, -0.25) is 9.89 Å². The molecule has 110 valence electrons. The van der Waals surface area contributed by atoms with Gasteiger partial charge >= 0.3 is 0 Å². The number of aliphatic imine (C=N–C) groups is 1. The Hall–Kier alpha value is -1.07. The number of unbranched alkanes of at least 4 members (excludes halogenated alkanes) is 1. The van der Waals surface area contributed by atoms with Crippen molar-refractivity contribution in [2.45, 2.75) is 19.8 Å². The number of nitrogens with one attached hydrogen (secondary N) is 2. The zero-order chi connectivity index (χ0) is 13.8. The van der Waals surface area contributed by atoms with Gasteiger partial charge in [0.1, 0.15) is 0 Å². The van der Waals surface area contributed by atoms with Crippen molar-refractivity contribution in [3.05, 3.63) is 12.7 Å². The Balaban J connectivity index is 2.09. The van der Waals surface area contributed by atoms with Crippen LogP contribution in [0.25, 0.3) is 0 Å². The van der Waals surface area contributed by atoms with Crippen molar-refractivity contribution in [2.75, 3.05) is 52.5 Å². The molecule has 0 unspecified atom stereocenters. The van der Waals surface area contributed by atoms with Crippen LogP contribution in [0.2, 0.25) is 0 Å². The van der Waals surface area contributed by atoms with Crippen molar-refractivity contribution in [1.82, 2.24) is 15.5 Å². The fourth-order valence-electron chi connectivity index (χ4n) is 1.97. The molecule has 0 spiro atoms. The molecule has 1 fully saturated rings. The average molecular weight is 268 g/mol. The Kier molecular flexibility index (Phi) is 9.10. The van der Waals surface area contributed by atoms with E-state index >= 15 is 0 Å². The van der Waals surface area contributed by atoms with Gasteiger partial charge in [0.05, 0.1) is 13.2 Å². The minimum absolute atomic E-state index is 0.750. The van der Waals surface area contributed by atoms with E-state index in [2.05, 4.69) is 34.0 Å². The minimum Gasteiger partial charge on any atom is -0.379 e. The molecule has 1 aliphatic heterocycles. The Morgan fingerprint density at radius 2 is 2.11 bits per heavy atom. The van der Waals surface area contributed by atoms with E-state index in [1.165, 1.54) is 6.42 Å². The molecule has 0 aromatic rings. The predicted molar refractivity (Wildman–Crippen MR) is 80.7 cm³/mol. The summed E-state index contributed by atoms with van der Waals surface area (Å²) in [6.45, 7) is 13.4. The molecule has 0 amide bonds. The van der Waals surface area contributed by atoms with Gasteiger partial charge < -0.3 is 15.4 Å².